The zero-order valence-electron chi connectivity index (χ0n) is 16.5. The zero-order valence-corrected chi connectivity index (χ0v) is 17.3. The normalized spacial score (nSPS) is 18.5. The molecular formula is C19H24N4O5S. The van der Waals surface area contributed by atoms with Gasteiger partial charge in [-0.1, -0.05) is 25.4 Å². The summed E-state index contributed by atoms with van der Waals surface area (Å²) in [5.41, 5.74) is 0.711. The number of aryl methyl sites for hydroxylation is 1. The zero-order chi connectivity index (χ0) is 20.6. The summed E-state index contributed by atoms with van der Waals surface area (Å²) in [7, 11) is -3.65. The van der Waals surface area contributed by atoms with E-state index in [0.29, 0.717) is 30.2 Å². The second-order valence-electron chi connectivity index (χ2n) is 7.22. The van der Waals surface area contributed by atoms with E-state index in [1.54, 1.807) is 10.4 Å². The van der Waals surface area contributed by atoms with E-state index in [0.717, 1.165) is 25.7 Å². The predicted octanol–water partition coefficient (Wildman–Crippen LogP) is 2.54. The number of aromatic nitrogens is 3. The Morgan fingerprint density at radius 2 is 2.07 bits per heavy atom. The summed E-state index contributed by atoms with van der Waals surface area (Å²) >= 11 is 0. The molecule has 1 aromatic carbocycles. The first-order valence-electron chi connectivity index (χ1n) is 9.90. The van der Waals surface area contributed by atoms with Crippen LogP contribution in [0.25, 0.3) is 11.1 Å². The second kappa shape index (κ2) is 7.75. The van der Waals surface area contributed by atoms with Crippen LogP contribution in [0.3, 0.4) is 0 Å². The molecule has 10 heteroatoms. The molecule has 3 aromatic rings. The topological polar surface area (TPSA) is 111 Å². The molecule has 0 bridgehead atoms. The van der Waals surface area contributed by atoms with Crippen LogP contribution in [0.4, 0.5) is 0 Å². The largest absolute Gasteiger partial charge is 0.420 e. The Bertz CT molecular complexity index is 1180. The first kappa shape index (κ1) is 19.8. The van der Waals surface area contributed by atoms with Gasteiger partial charge in [-0.25, -0.2) is 13.2 Å². The van der Waals surface area contributed by atoms with Gasteiger partial charge in [0.1, 0.15) is 0 Å². The molecule has 1 aliphatic rings. The van der Waals surface area contributed by atoms with E-state index >= 15 is 0 Å². The lowest BCUT2D eigenvalue weighted by atomic mass is 10.0. The van der Waals surface area contributed by atoms with Crippen LogP contribution < -0.4 is 5.76 Å². The fourth-order valence-electron chi connectivity index (χ4n) is 3.83. The molecule has 9 nitrogen and oxygen atoms in total. The molecule has 0 aliphatic carbocycles. The summed E-state index contributed by atoms with van der Waals surface area (Å²) in [6.45, 7) is 4.50. The first-order chi connectivity index (χ1) is 13.9. The van der Waals surface area contributed by atoms with Crippen molar-refractivity contribution < 1.29 is 17.4 Å². The van der Waals surface area contributed by atoms with Crippen LogP contribution in [-0.2, 0) is 23.0 Å². The number of oxazole rings is 1. The molecule has 0 radical (unpaired) electrons. The van der Waals surface area contributed by atoms with Crippen molar-refractivity contribution in [1.29, 1.82) is 0 Å². The highest BCUT2D eigenvalue weighted by Gasteiger charge is 2.33. The number of benzene rings is 1. The highest BCUT2D eigenvalue weighted by atomic mass is 32.2. The minimum Gasteiger partial charge on any atom is -0.408 e. The van der Waals surface area contributed by atoms with Crippen molar-refractivity contribution in [2.24, 2.45) is 0 Å². The van der Waals surface area contributed by atoms with E-state index in [-0.39, 0.29) is 23.1 Å². The molecule has 0 amide bonds. The molecule has 0 saturated carbocycles. The SMILES string of the molecule is CCc1nc(Cn2c(=O)oc3cc(S(=O)(=O)N4CCCC[C@@H]4CC)ccc32)no1. The van der Waals surface area contributed by atoms with Gasteiger partial charge >= 0.3 is 5.76 Å². The Labute approximate surface area is 168 Å². The van der Waals surface area contributed by atoms with Crippen molar-refractivity contribution in [1.82, 2.24) is 19.0 Å². The van der Waals surface area contributed by atoms with Crippen molar-refractivity contribution in [2.75, 3.05) is 6.54 Å². The summed E-state index contributed by atoms with van der Waals surface area (Å²) in [5, 5.41) is 3.86. The quantitative estimate of drug-likeness (QED) is 0.602. The van der Waals surface area contributed by atoms with Crippen LogP contribution in [-0.4, -0.2) is 40.0 Å². The fourth-order valence-corrected chi connectivity index (χ4v) is 5.61. The van der Waals surface area contributed by atoms with Gasteiger partial charge in [0.25, 0.3) is 0 Å². The number of nitrogens with zero attached hydrogens (tertiary/aromatic N) is 4. The number of hydrogen-bond donors (Lipinski definition) is 0. The molecule has 0 N–H and O–H groups in total. The van der Waals surface area contributed by atoms with Crippen molar-refractivity contribution in [3.05, 3.63) is 40.5 Å². The minimum atomic E-state index is -3.65. The van der Waals surface area contributed by atoms with Gasteiger partial charge in [0.15, 0.2) is 11.4 Å². The van der Waals surface area contributed by atoms with E-state index in [4.69, 9.17) is 8.94 Å². The third kappa shape index (κ3) is 3.62. The van der Waals surface area contributed by atoms with Gasteiger partial charge in [0.05, 0.1) is 17.0 Å². The summed E-state index contributed by atoms with van der Waals surface area (Å²) in [6, 6.07) is 4.56. The summed E-state index contributed by atoms with van der Waals surface area (Å²) < 4.78 is 39.7. The Morgan fingerprint density at radius 1 is 1.24 bits per heavy atom. The molecule has 1 atom stereocenters. The second-order valence-corrected chi connectivity index (χ2v) is 9.11. The molecular weight excluding hydrogens is 396 g/mol. The van der Waals surface area contributed by atoms with Gasteiger partial charge < -0.3 is 8.94 Å². The van der Waals surface area contributed by atoms with Gasteiger partial charge in [-0.05, 0) is 31.4 Å². The van der Waals surface area contributed by atoms with E-state index in [1.807, 2.05) is 13.8 Å². The highest BCUT2D eigenvalue weighted by molar-refractivity contribution is 7.89. The molecule has 156 valence electrons. The Hall–Kier alpha value is -2.46. The average Bonchev–Trinajstić information content (AvgIpc) is 3.31. The number of sulfonamides is 1. The summed E-state index contributed by atoms with van der Waals surface area (Å²) in [4.78, 5) is 16.7. The molecule has 0 spiro atoms. The third-order valence-corrected chi connectivity index (χ3v) is 7.35. The van der Waals surface area contributed by atoms with Gasteiger partial charge in [0.2, 0.25) is 15.9 Å². The lowest BCUT2D eigenvalue weighted by Gasteiger charge is -2.34. The van der Waals surface area contributed by atoms with Crippen LogP contribution in [0.1, 0.15) is 51.2 Å². The maximum atomic E-state index is 13.2. The predicted molar refractivity (Wildman–Crippen MR) is 105 cm³/mol. The lowest BCUT2D eigenvalue weighted by Crippen LogP contribution is -2.43. The van der Waals surface area contributed by atoms with Crippen LogP contribution in [0, 0.1) is 0 Å². The van der Waals surface area contributed by atoms with Gasteiger partial charge in [0, 0.05) is 25.1 Å². The van der Waals surface area contributed by atoms with Crippen molar-refractivity contribution >= 4 is 21.1 Å². The highest BCUT2D eigenvalue weighted by Crippen LogP contribution is 2.28. The molecule has 1 fully saturated rings. The number of piperidine rings is 1. The van der Waals surface area contributed by atoms with Crippen molar-refractivity contribution in [2.45, 2.75) is 63.4 Å². The van der Waals surface area contributed by atoms with Crippen LogP contribution >= 0.6 is 0 Å². The van der Waals surface area contributed by atoms with Crippen molar-refractivity contribution in [3.63, 3.8) is 0 Å². The smallest absolute Gasteiger partial charge is 0.408 e. The van der Waals surface area contributed by atoms with E-state index in [9.17, 15) is 13.2 Å². The number of hydrogen-bond acceptors (Lipinski definition) is 7. The number of fused-ring (bicyclic) bond motifs is 1. The Kier molecular flexibility index (Phi) is 5.30. The van der Waals surface area contributed by atoms with E-state index < -0.39 is 15.8 Å². The molecule has 2 aromatic heterocycles. The van der Waals surface area contributed by atoms with Gasteiger partial charge in [-0.3, -0.25) is 4.57 Å². The Balaban J connectivity index is 1.69. The molecule has 1 aliphatic heterocycles. The van der Waals surface area contributed by atoms with Crippen LogP contribution in [0.15, 0.2) is 36.8 Å². The standard InChI is InChI=1S/C19H24N4O5S/c1-3-13-7-5-6-10-23(13)29(25,26)14-8-9-15-16(11-14)27-19(24)22(15)12-17-20-18(4-2)28-21-17/h8-9,11,13H,3-7,10,12H2,1-2H3/t13-/m0/s1. The minimum absolute atomic E-state index is 0.00653. The van der Waals surface area contributed by atoms with Gasteiger partial charge in [-0.2, -0.15) is 9.29 Å². The fraction of sp³-hybridized carbons (Fsp3) is 0.526. The third-order valence-electron chi connectivity index (χ3n) is 5.40. The monoisotopic (exact) mass is 420 g/mol. The first-order valence-corrected chi connectivity index (χ1v) is 11.3. The average molecular weight is 420 g/mol. The molecule has 0 unspecified atom stereocenters. The summed E-state index contributed by atoms with van der Waals surface area (Å²) in [6.07, 6.45) is 4.14. The van der Waals surface area contributed by atoms with E-state index in [2.05, 4.69) is 10.1 Å². The van der Waals surface area contributed by atoms with Crippen LogP contribution in [0.2, 0.25) is 0 Å². The van der Waals surface area contributed by atoms with E-state index in [1.165, 1.54) is 16.7 Å². The lowest BCUT2D eigenvalue weighted by molar-refractivity contribution is 0.246. The van der Waals surface area contributed by atoms with Gasteiger partial charge in [-0.15, -0.1) is 0 Å². The maximum Gasteiger partial charge on any atom is 0.420 e. The summed E-state index contributed by atoms with van der Waals surface area (Å²) in [5.74, 6) is 0.255. The van der Waals surface area contributed by atoms with Crippen LogP contribution in [0.5, 0.6) is 0 Å². The molecule has 29 heavy (non-hydrogen) atoms. The maximum absolute atomic E-state index is 13.2. The number of rotatable bonds is 6. The molecule has 4 rings (SSSR count). The van der Waals surface area contributed by atoms with Crippen molar-refractivity contribution in [3.8, 4) is 0 Å². The molecule has 3 heterocycles. The Morgan fingerprint density at radius 3 is 2.79 bits per heavy atom. The molecule has 1 saturated heterocycles.